The number of hydrogen-bond acceptors (Lipinski definition) is 6. The Balaban J connectivity index is 2.19. The van der Waals surface area contributed by atoms with Crippen molar-refractivity contribution in [3.05, 3.63) is 22.9 Å². The second-order valence-electron chi connectivity index (χ2n) is 5.79. The highest BCUT2D eigenvalue weighted by atomic mass is 32.2. The highest BCUT2D eigenvalue weighted by Crippen LogP contribution is 2.26. The van der Waals surface area contributed by atoms with E-state index in [4.69, 9.17) is 4.74 Å². The molecule has 0 bridgehead atoms. The van der Waals surface area contributed by atoms with Crippen LogP contribution in [0.3, 0.4) is 0 Å². The SMILES string of the molecule is COc1nc2c(cc1C(=O)NC(CCS(C)(=O)=O)C(=O)O)CCC2. The minimum atomic E-state index is -3.33. The Labute approximate surface area is 140 Å². The van der Waals surface area contributed by atoms with E-state index in [1.807, 2.05) is 0 Å². The summed E-state index contributed by atoms with van der Waals surface area (Å²) in [5.41, 5.74) is 1.99. The van der Waals surface area contributed by atoms with Gasteiger partial charge in [-0.25, -0.2) is 18.2 Å². The average Bonchev–Trinajstić information content (AvgIpc) is 2.95. The van der Waals surface area contributed by atoms with Crippen LogP contribution in [0.15, 0.2) is 6.07 Å². The molecule has 1 amide bonds. The van der Waals surface area contributed by atoms with Crippen LogP contribution in [0.5, 0.6) is 5.88 Å². The number of nitrogens with one attached hydrogen (secondary N) is 1. The minimum Gasteiger partial charge on any atom is -0.480 e. The first kappa shape index (κ1) is 18.2. The molecular formula is C15H20N2O6S. The van der Waals surface area contributed by atoms with Gasteiger partial charge in [0.05, 0.1) is 12.9 Å². The molecule has 1 aliphatic carbocycles. The third kappa shape index (κ3) is 4.44. The van der Waals surface area contributed by atoms with Gasteiger partial charge in [-0.3, -0.25) is 4.79 Å². The van der Waals surface area contributed by atoms with Crippen molar-refractivity contribution in [1.82, 2.24) is 10.3 Å². The monoisotopic (exact) mass is 356 g/mol. The zero-order valence-electron chi connectivity index (χ0n) is 13.5. The van der Waals surface area contributed by atoms with Crippen molar-refractivity contribution in [2.45, 2.75) is 31.7 Å². The standard InChI is InChI=1S/C15H20N2O6S/c1-23-14-10(8-9-4-3-5-11(9)17-14)13(18)16-12(15(19)20)6-7-24(2,21)22/h8,12H,3-7H2,1-2H3,(H,16,18)(H,19,20). The fraction of sp³-hybridized carbons (Fsp3) is 0.533. The second kappa shape index (κ2) is 7.16. The first-order valence-corrected chi connectivity index (χ1v) is 9.55. The van der Waals surface area contributed by atoms with Gasteiger partial charge in [0.25, 0.3) is 5.91 Å². The summed E-state index contributed by atoms with van der Waals surface area (Å²) in [5, 5.41) is 11.5. The average molecular weight is 356 g/mol. The number of aromatic nitrogens is 1. The number of pyridine rings is 1. The highest BCUT2D eigenvalue weighted by Gasteiger charge is 2.26. The van der Waals surface area contributed by atoms with Gasteiger partial charge in [-0.15, -0.1) is 0 Å². The summed E-state index contributed by atoms with van der Waals surface area (Å²) in [6.07, 6.45) is 3.38. The first-order valence-electron chi connectivity index (χ1n) is 7.49. The van der Waals surface area contributed by atoms with Crippen molar-refractivity contribution < 1.29 is 27.9 Å². The van der Waals surface area contributed by atoms with Crippen molar-refractivity contribution >= 4 is 21.7 Å². The van der Waals surface area contributed by atoms with E-state index in [9.17, 15) is 23.1 Å². The summed E-state index contributed by atoms with van der Waals surface area (Å²) >= 11 is 0. The smallest absolute Gasteiger partial charge is 0.326 e. The number of hydrogen-bond donors (Lipinski definition) is 2. The molecule has 1 aromatic heterocycles. The molecule has 0 saturated carbocycles. The number of ether oxygens (including phenoxy) is 1. The van der Waals surface area contributed by atoms with Gasteiger partial charge in [0, 0.05) is 11.9 Å². The largest absolute Gasteiger partial charge is 0.480 e. The molecule has 0 spiro atoms. The van der Waals surface area contributed by atoms with Crippen LogP contribution in [0.4, 0.5) is 0 Å². The van der Waals surface area contributed by atoms with E-state index < -0.39 is 27.8 Å². The summed E-state index contributed by atoms with van der Waals surface area (Å²) in [4.78, 5) is 28.0. The van der Waals surface area contributed by atoms with Crippen LogP contribution in [0.25, 0.3) is 0 Å². The summed E-state index contributed by atoms with van der Waals surface area (Å²) in [6, 6.07) is 0.365. The fourth-order valence-electron chi connectivity index (χ4n) is 2.60. The van der Waals surface area contributed by atoms with Gasteiger partial charge in [-0.1, -0.05) is 0 Å². The third-order valence-electron chi connectivity index (χ3n) is 3.83. The summed E-state index contributed by atoms with van der Waals surface area (Å²) in [7, 11) is -1.94. The Morgan fingerprint density at radius 3 is 2.71 bits per heavy atom. The van der Waals surface area contributed by atoms with Crippen LogP contribution in [0.1, 0.15) is 34.5 Å². The van der Waals surface area contributed by atoms with Gasteiger partial charge in [-0.05, 0) is 37.3 Å². The zero-order valence-corrected chi connectivity index (χ0v) is 14.4. The molecular weight excluding hydrogens is 336 g/mol. The van der Waals surface area contributed by atoms with Gasteiger partial charge in [0.15, 0.2) is 0 Å². The van der Waals surface area contributed by atoms with Crippen molar-refractivity contribution in [3.63, 3.8) is 0 Å². The molecule has 1 unspecified atom stereocenters. The van der Waals surface area contributed by atoms with Gasteiger partial charge in [-0.2, -0.15) is 0 Å². The van der Waals surface area contributed by atoms with E-state index >= 15 is 0 Å². The van der Waals surface area contributed by atoms with E-state index in [-0.39, 0.29) is 23.6 Å². The molecule has 9 heteroatoms. The first-order chi connectivity index (χ1) is 11.2. The second-order valence-corrected chi connectivity index (χ2v) is 8.05. The molecule has 1 atom stereocenters. The Kier molecular flexibility index (Phi) is 5.43. The quantitative estimate of drug-likeness (QED) is 0.715. The Morgan fingerprint density at radius 2 is 2.12 bits per heavy atom. The molecule has 0 fully saturated rings. The van der Waals surface area contributed by atoms with Crippen LogP contribution in [0.2, 0.25) is 0 Å². The molecule has 132 valence electrons. The number of carbonyl (C=O) groups is 2. The molecule has 0 aromatic carbocycles. The number of sulfone groups is 1. The lowest BCUT2D eigenvalue weighted by molar-refractivity contribution is -0.139. The van der Waals surface area contributed by atoms with Gasteiger partial charge >= 0.3 is 5.97 Å². The van der Waals surface area contributed by atoms with Gasteiger partial charge in [0.2, 0.25) is 5.88 Å². The number of aliphatic carboxylic acids is 1. The lowest BCUT2D eigenvalue weighted by Crippen LogP contribution is -2.42. The van der Waals surface area contributed by atoms with Crippen molar-refractivity contribution in [2.24, 2.45) is 0 Å². The van der Waals surface area contributed by atoms with Crippen LogP contribution >= 0.6 is 0 Å². The maximum absolute atomic E-state index is 12.4. The Hall–Kier alpha value is -2.16. The van der Waals surface area contributed by atoms with Crippen LogP contribution < -0.4 is 10.1 Å². The normalized spacial score (nSPS) is 14.8. The van der Waals surface area contributed by atoms with Crippen LogP contribution in [-0.2, 0) is 27.5 Å². The van der Waals surface area contributed by atoms with Crippen molar-refractivity contribution in [2.75, 3.05) is 19.1 Å². The molecule has 2 N–H and O–H groups in total. The lowest BCUT2D eigenvalue weighted by Gasteiger charge is -2.16. The Bertz CT molecular complexity index is 759. The Morgan fingerprint density at radius 1 is 1.42 bits per heavy atom. The predicted molar refractivity (Wildman–Crippen MR) is 86.0 cm³/mol. The zero-order chi connectivity index (χ0) is 17.9. The maximum atomic E-state index is 12.4. The van der Waals surface area contributed by atoms with E-state index in [0.29, 0.717) is 0 Å². The molecule has 0 radical (unpaired) electrons. The van der Waals surface area contributed by atoms with Crippen LogP contribution in [0, 0.1) is 0 Å². The predicted octanol–water partition coefficient (Wildman–Crippen LogP) is 0.197. The lowest BCUT2D eigenvalue weighted by atomic mass is 10.1. The number of carboxylic acid groups (broad SMARTS) is 1. The van der Waals surface area contributed by atoms with Crippen molar-refractivity contribution in [3.8, 4) is 5.88 Å². The molecule has 1 heterocycles. The summed E-state index contributed by atoms with van der Waals surface area (Å²) in [5.74, 6) is -2.13. The van der Waals surface area contributed by atoms with E-state index in [1.165, 1.54) is 7.11 Å². The third-order valence-corrected chi connectivity index (χ3v) is 4.81. The van der Waals surface area contributed by atoms with Crippen molar-refractivity contribution in [1.29, 1.82) is 0 Å². The molecule has 2 rings (SSSR count). The maximum Gasteiger partial charge on any atom is 0.326 e. The number of methoxy groups -OCH3 is 1. The minimum absolute atomic E-state index is 0.139. The molecule has 1 aliphatic rings. The fourth-order valence-corrected chi connectivity index (χ4v) is 3.26. The number of aryl methyl sites for hydroxylation is 2. The summed E-state index contributed by atoms with van der Waals surface area (Å²) in [6.45, 7) is 0. The van der Waals surface area contributed by atoms with Gasteiger partial charge in [0.1, 0.15) is 21.4 Å². The van der Waals surface area contributed by atoms with E-state index in [0.717, 1.165) is 36.8 Å². The number of amides is 1. The molecule has 24 heavy (non-hydrogen) atoms. The van der Waals surface area contributed by atoms with Gasteiger partial charge < -0.3 is 15.2 Å². The number of carboxylic acids is 1. The van der Waals surface area contributed by atoms with E-state index in [1.54, 1.807) is 6.07 Å². The van der Waals surface area contributed by atoms with E-state index in [2.05, 4.69) is 10.3 Å². The molecule has 0 aliphatic heterocycles. The molecule has 1 aromatic rings. The number of carbonyl (C=O) groups excluding carboxylic acids is 1. The summed E-state index contributed by atoms with van der Waals surface area (Å²) < 4.78 is 27.5. The highest BCUT2D eigenvalue weighted by molar-refractivity contribution is 7.90. The molecule has 0 saturated heterocycles. The van der Waals surface area contributed by atoms with Crippen LogP contribution in [-0.4, -0.2) is 55.5 Å². The number of fused-ring (bicyclic) bond motifs is 1. The number of rotatable bonds is 7. The number of nitrogens with zero attached hydrogens (tertiary/aromatic N) is 1. The molecule has 8 nitrogen and oxygen atoms in total. The topological polar surface area (TPSA) is 123 Å².